The van der Waals surface area contributed by atoms with Gasteiger partial charge < -0.3 is 15.2 Å². The lowest BCUT2D eigenvalue weighted by molar-refractivity contribution is -0.128. The van der Waals surface area contributed by atoms with E-state index in [1.54, 1.807) is 48.5 Å². The van der Waals surface area contributed by atoms with Gasteiger partial charge in [-0.3, -0.25) is 4.79 Å². The van der Waals surface area contributed by atoms with Crippen molar-refractivity contribution in [2.75, 3.05) is 6.54 Å². The third kappa shape index (κ3) is 3.89. The second-order valence-electron chi connectivity index (χ2n) is 6.29. The number of hydrogen-bond acceptors (Lipinski definition) is 5. The Morgan fingerprint density at radius 2 is 1.96 bits per heavy atom. The van der Waals surface area contributed by atoms with Gasteiger partial charge in [-0.2, -0.15) is 0 Å². The van der Waals surface area contributed by atoms with E-state index in [1.165, 1.54) is 6.92 Å². The van der Waals surface area contributed by atoms with Crippen molar-refractivity contribution in [2.45, 2.75) is 41.8 Å². The predicted molar refractivity (Wildman–Crippen MR) is 95.8 cm³/mol. The molecule has 1 aliphatic rings. The van der Waals surface area contributed by atoms with Crippen LogP contribution in [0.2, 0.25) is 0 Å². The SMILES string of the molecule is CC(O)C(=O)NC[C@H]1CCc2ccc(S(=O)(=O)c3ccccc3)cc2O1. The van der Waals surface area contributed by atoms with Crippen LogP contribution in [0.25, 0.3) is 0 Å². The minimum Gasteiger partial charge on any atom is -0.488 e. The molecule has 1 amide bonds. The summed E-state index contributed by atoms with van der Waals surface area (Å²) >= 11 is 0. The van der Waals surface area contributed by atoms with E-state index >= 15 is 0 Å². The molecule has 0 saturated carbocycles. The van der Waals surface area contributed by atoms with Gasteiger partial charge in [0.1, 0.15) is 18.0 Å². The molecule has 7 heteroatoms. The third-order valence-electron chi connectivity index (χ3n) is 4.32. The van der Waals surface area contributed by atoms with Crippen molar-refractivity contribution < 1.29 is 23.1 Å². The Morgan fingerprint density at radius 3 is 2.65 bits per heavy atom. The van der Waals surface area contributed by atoms with Crippen LogP contribution in [0.5, 0.6) is 5.75 Å². The normalized spacial score (nSPS) is 17.7. The summed E-state index contributed by atoms with van der Waals surface area (Å²) < 4.78 is 31.4. The van der Waals surface area contributed by atoms with Crippen molar-refractivity contribution in [1.82, 2.24) is 5.32 Å². The van der Waals surface area contributed by atoms with Gasteiger partial charge in [-0.15, -0.1) is 0 Å². The molecule has 2 aromatic rings. The van der Waals surface area contributed by atoms with Crippen LogP contribution in [-0.2, 0) is 21.1 Å². The summed E-state index contributed by atoms with van der Waals surface area (Å²) in [5.41, 5.74) is 0.940. The highest BCUT2D eigenvalue weighted by Gasteiger charge is 2.24. The average Bonchev–Trinajstić information content (AvgIpc) is 2.66. The molecule has 0 fully saturated rings. The number of nitrogens with one attached hydrogen (secondary N) is 1. The van der Waals surface area contributed by atoms with Crippen LogP contribution in [0.4, 0.5) is 0 Å². The fourth-order valence-corrected chi connectivity index (χ4v) is 4.11. The first-order valence-electron chi connectivity index (χ1n) is 8.43. The Morgan fingerprint density at radius 1 is 1.23 bits per heavy atom. The van der Waals surface area contributed by atoms with Gasteiger partial charge in [-0.1, -0.05) is 24.3 Å². The minimum atomic E-state index is -3.61. The van der Waals surface area contributed by atoms with E-state index in [0.717, 1.165) is 12.0 Å². The molecule has 1 aliphatic heterocycles. The van der Waals surface area contributed by atoms with Crippen molar-refractivity contribution in [3.8, 4) is 5.75 Å². The molecule has 138 valence electrons. The first kappa shape index (κ1) is 18.4. The Bertz CT molecular complexity index is 893. The monoisotopic (exact) mass is 375 g/mol. The number of carbonyl (C=O) groups is 1. The lowest BCUT2D eigenvalue weighted by Gasteiger charge is -2.27. The first-order valence-corrected chi connectivity index (χ1v) is 9.92. The number of benzene rings is 2. The molecule has 0 bridgehead atoms. The van der Waals surface area contributed by atoms with Gasteiger partial charge in [-0.05, 0) is 49.6 Å². The zero-order valence-electron chi connectivity index (χ0n) is 14.4. The van der Waals surface area contributed by atoms with Gasteiger partial charge in [0.05, 0.1) is 16.3 Å². The minimum absolute atomic E-state index is 0.177. The molecule has 0 saturated heterocycles. The summed E-state index contributed by atoms with van der Waals surface area (Å²) in [6.45, 7) is 1.66. The molecule has 26 heavy (non-hydrogen) atoms. The molecule has 1 heterocycles. The molecule has 0 spiro atoms. The molecule has 3 rings (SSSR count). The van der Waals surface area contributed by atoms with Gasteiger partial charge in [0.25, 0.3) is 0 Å². The number of aliphatic hydroxyl groups is 1. The van der Waals surface area contributed by atoms with Crippen molar-refractivity contribution in [2.24, 2.45) is 0 Å². The van der Waals surface area contributed by atoms with E-state index in [9.17, 15) is 18.3 Å². The Hall–Kier alpha value is -2.38. The highest BCUT2D eigenvalue weighted by molar-refractivity contribution is 7.91. The summed E-state index contributed by atoms with van der Waals surface area (Å²) in [6, 6.07) is 13.2. The zero-order valence-corrected chi connectivity index (χ0v) is 15.2. The molecule has 2 atom stereocenters. The zero-order chi connectivity index (χ0) is 18.7. The van der Waals surface area contributed by atoms with Gasteiger partial charge >= 0.3 is 0 Å². The maximum atomic E-state index is 12.8. The summed E-state index contributed by atoms with van der Waals surface area (Å²) in [4.78, 5) is 11.9. The quantitative estimate of drug-likeness (QED) is 0.830. The number of carbonyl (C=O) groups excluding carboxylic acids is 1. The Labute approximate surface area is 152 Å². The fraction of sp³-hybridized carbons (Fsp3) is 0.316. The van der Waals surface area contributed by atoms with Gasteiger partial charge in [0.2, 0.25) is 15.7 Å². The van der Waals surface area contributed by atoms with E-state index in [4.69, 9.17) is 4.74 Å². The predicted octanol–water partition coefficient (Wildman–Crippen LogP) is 1.71. The van der Waals surface area contributed by atoms with Crippen LogP contribution in [-0.4, -0.2) is 38.2 Å². The number of rotatable bonds is 5. The standard InChI is InChI=1S/C19H21NO5S/c1-13(21)19(22)20-12-15-9-7-14-8-10-17(11-18(14)25-15)26(23,24)16-5-3-2-4-6-16/h2-6,8,10-11,13,15,21H,7,9,12H2,1H3,(H,20,22)/t13?,15-/m1/s1. The van der Waals surface area contributed by atoms with Crippen molar-refractivity contribution in [3.63, 3.8) is 0 Å². The van der Waals surface area contributed by atoms with E-state index in [2.05, 4.69) is 5.32 Å². The van der Waals surface area contributed by atoms with Crippen LogP contribution in [0.3, 0.4) is 0 Å². The fourth-order valence-electron chi connectivity index (χ4n) is 2.81. The number of ether oxygens (including phenoxy) is 1. The first-order chi connectivity index (χ1) is 12.4. The molecule has 0 aromatic heterocycles. The molecule has 2 aromatic carbocycles. The van der Waals surface area contributed by atoms with E-state index in [1.807, 2.05) is 0 Å². The second kappa shape index (κ2) is 7.47. The highest BCUT2D eigenvalue weighted by atomic mass is 32.2. The van der Waals surface area contributed by atoms with Crippen LogP contribution < -0.4 is 10.1 Å². The maximum absolute atomic E-state index is 12.8. The van der Waals surface area contributed by atoms with Crippen LogP contribution >= 0.6 is 0 Å². The number of aryl methyl sites for hydroxylation is 1. The maximum Gasteiger partial charge on any atom is 0.248 e. The number of fused-ring (bicyclic) bond motifs is 1. The van der Waals surface area contributed by atoms with Gasteiger partial charge in [0.15, 0.2) is 0 Å². The molecule has 1 unspecified atom stereocenters. The number of sulfone groups is 1. The van der Waals surface area contributed by atoms with Crippen molar-refractivity contribution in [3.05, 3.63) is 54.1 Å². The summed E-state index contributed by atoms with van der Waals surface area (Å²) in [7, 11) is -3.61. The van der Waals surface area contributed by atoms with Crippen LogP contribution in [0.15, 0.2) is 58.3 Å². The Kier molecular flexibility index (Phi) is 5.29. The Balaban J connectivity index is 1.79. The van der Waals surface area contributed by atoms with E-state index in [-0.39, 0.29) is 22.4 Å². The molecule has 6 nitrogen and oxygen atoms in total. The summed E-state index contributed by atoms with van der Waals surface area (Å²) in [6.07, 6.45) is 0.0991. The molecule has 0 aliphatic carbocycles. The van der Waals surface area contributed by atoms with Gasteiger partial charge in [0, 0.05) is 0 Å². The lowest BCUT2D eigenvalue weighted by atomic mass is 10.0. The summed E-state index contributed by atoms with van der Waals surface area (Å²) in [5.74, 6) is 0.0596. The van der Waals surface area contributed by atoms with Crippen molar-refractivity contribution in [1.29, 1.82) is 0 Å². The smallest absolute Gasteiger partial charge is 0.248 e. The topological polar surface area (TPSA) is 92.7 Å². The molecular weight excluding hydrogens is 354 g/mol. The van der Waals surface area contributed by atoms with E-state index in [0.29, 0.717) is 12.2 Å². The van der Waals surface area contributed by atoms with Crippen LogP contribution in [0, 0.1) is 0 Å². The van der Waals surface area contributed by atoms with Gasteiger partial charge in [-0.25, -0.2) is 8.42 Å². The highest BCUT2D eigenvalue weighted by Crippen LogP contribution is 2.32. The molecule has 0 radical (unpaired) electrons. The molecular formula is C19H21NO5S. The lowest BCUT2D eigenvalue weighted by Crippen LogP contribution is -2.41. The largest absolute Gasteiger partial charge is 0.488 e. The van der Waals surface area contributed by atoms with Crippen LogP contribution in [0.1, 0.15) is 18.9 Å². The summed E-state index contributed by atoms with van der Waals surface area (Å²) in [5, 5.41) is 11.8. The van der Waals surface area contributed by atoms with E-state index < -0.39 is 21.8 Å². The molecule has 2 N–H and O–H groups in total. The number of hydrogen-bond donors (Lipinski definition) is 2. The second-order valence-corrected chi connectivity index (χ2v) is 8.24. The average molecular weight is 375 g/mol. The third-order valence-corrected chi connectivity index (χ3v) is 6.08. The number of aliphatic hydroxyl groups excluding tert-OH is 1. The number of amides is 1. The van der Waals surface area contributed by atoms with Crippen molar-refractivity contribution >= 4 is 15.7 Å².